The van der Waals surface area contributed by atoms with Gasteiger partial charge in [-0.3, -0.25) is 4.79 Å². The number of aromatic nitrogens is 2. The molecule has 6 nitrogen and oxygen atoms in total. The van der Waals surface area contributed by atoms with Crippen LogP contribution in [0.1, 0.15) is 15.9 Å². The summed E-state index contributed by atoms with van der Waals surface area (Å²) in [6, 6.07) is 7.64. The van der Waals surface area contributed by atoms with Gasteiger partial charge in [0.05, 0.1) is 5.56 Å². The second-order valence-electron chi connectivity index (χ2n) is 6.20. The number of halogens is 1. The molecule has 1 N–H and O–H groups in total. The number of likely N-dealkylation sites (N-methyl/N-ethyl adjacent to an activating group) is 1. The smallest absolute Gasteiger partial charge is 0.254 e. The lowest BCUT2D eigenvalue weighted by Crippen LogP contribution is -2.45. The predicted octanol–water partition coefficient (Wildman–Crippen LogP) is 1.85. The summed E-state index contributed by atoms with van der Waals surface area (Å²) in [5.74, 6) is 0.524. The number of carbonyl (C=O) groups is 1. The van der Waals surface area contributed by atoms with Gasteiger partial charge < -0.3 is 15.1 Å². The normalized spacial score (nSPS) is 15.2. The summed E-state index contributed by atoms with van der Waals surface area (Å²) in [5, 5.41) is 3.59. The number of anilines is 1. The number of hydrogen-bond acceptors (Lipinski definition) is 5. The molecular weight excluding hydrogens is 338 g/mol. The summed E-state index contributed by atoms with van der Waals surface area (Å²) in [5.41, 5.74) is 1.57. The average molecular weight is 360 g/mol. The van der Waals surface area contributed by atoms with E-state index < -0.39 is 0 Å². The predicted molar refractivity (Wildman–Crippen MR) is 99.2 cm³/mol. The van der Waals surface area contributed by atoms with Crippen molar-refractivity contribution in [2.75, 3.05) is 44.7 Å². The van der Waals surface area contributed by atoms with E-state index in [0.29, 0.717) is 23.1 Å². The fourth-order valence-electron chi connectivity index (χ4n) is 2.72. The van der Waals surface area contributed by atoms with E-state index in [0.717, 1.165) is 38.2 Å². The van der Waals surface area contributed by atoms with Gasteiger partial charge >= 0.3 is 0 Å². The molecular formula is C18H22ClN5O. The van der Waals surface area contributed by atoms with Crippen molar-refractivity contribution in [3.63, 3.8) is 0 Å². The van der Waals surface area contributed by atoms with Crippen molar-refractivity contribution in [2.45, 2.75) is 6.42 Å². The van der Waals surface area contributed by atoms with Gasteiger partial charge in [-0.1, -0.05) is 23.7 Å². The van der Waals surface area contributed by atoms with Crippen LogP contribution in [0.3, 0.4) is 0 Å². The molecule has 2 heterocycles. The molecule has 1 aromatic carbocycles. The molecule has 0 aliphatic carbocycles. The monoisotopic (exact) mass is 359 g/mol. The number of nitrogens with one attached hydrogen (secondary N) is 1. The van der Waals surface area contributed by atoms with Gasteiger partial charge in [0.15, 0.2) is 0 Å². The fraction of sp³-hybridized carbons (Fsp3) is 0.389. The zero-order valence-corrected chi connectivity index (χ0v) is 15.0. The van der Waals surface area contributed by atoms with E-state index >= 15 is 0 Å². The number of rotatable bonds is 5. The van der Waals surface area contributed by atoms with Crippen molar-refractivity contribution in [2.24, 2.45) is 0 Å². The van der Waals surface area contributed by atoms with Crippen LogP contribution >= 0.6 is 11.6 Å². The highest BCUT2D eigenvalue weighted by Gasteiger charge is 2.16. The highest BCUT2D eigenvalue weighted by molar-refractivity contribution is 6.30. The highest BCUT2D eigenvalue weighted by atomic mass is 35.5. The molecule has 1 aliphatic heterocycles. The molecule has 25 heavy (non-hydrogen) atoms. The first-order chi connectivity index (χ1) is 12.1. The third-order valence-electron chi connectivity index (χ3n) is 4.27. The van der Waals surface area contributed by atoms with Gasteiger partial charge in [0, 0.05) is 50.1 Å². The topological polar surface area (TPSA) is 61.4 Å². The number of amides is 1. The maximum absolute atomic E-state index is 12.2. The number of hydrogen-bond donors (Lipinski definition) is 1. The molecule has 132 valence electrons. The van der Waals surface area contributed by atoms with Crippen molar-refractivity contribution in [3.05, 3.63) is 52.8 Å². The van der Waals surface area contributed by atoms with Gasteiger partial charge in [0.1, 0.15) is 0 Å². The van der Waals surface area contributed by atoms with E-state index in [-0.39, 0.29) is 5.91 Å². The number of carbonyl (C=O) groups excluding carboxylic acids is 1. The molecule has 7 heteroatoms. The van der Waals surface area contributed by atoms with Crippen LogP contribution in [0.25, 0.3) is 0 Å². The van der Waals surface area contributed by atoms with E-state index in [2.05, 4.69) is 32.1 Å². The van der Waals surface area contributed by atoms with Crippen molar-refractivity contribution in [1.82, 2.24) is 20.2 Å². The van der Waals surface area contributed by atoms with Crippen LogP contribution in [0.2, 0.25) is 5.02 Å². The molecule has 1 aliphatic rings. The SMILES string of the molecule is CN1CCN(c2ncc(C(=O)NCCc3cccc(Cl)c3)cn2)CC1. The van der Waals surface area contributed by atoms with Gasteiger partial charge in [0.2, 0.25) is 5.95 Å². The van der Waals surface area contributed by atoms with E-state index in [4.69, 9.17) is 11.6 Å². The first kappa shape index (κ1) is 17.6. The summed E-state index contributed by atoms with van der Waals surface area (Å²) in [6.07, 6.45) is 3.91. The largest absolute Gasteiger partial charge is 0.352 e. The minimum Gasteiger partial charge on any atom is -0.352 e. The summed E-state index contributed by atoms with van der Waals surface area (Å²) >= 11 is 5.96. The number of piperazine rings is 1. The maximum atomic E-state index is 12.2. The van der Waals surface area contributed by atoms with Crippen LogP contribution in [-0.4, -0.2) is 60.5 Å². The third kappa shape index (κ3) is 4.90. The Balaban J connectivity index is 1.50. The molecule has 1 fully saturated rings. The van der Waals surface area contributed by atoms with Gasteiger partial charge in [0.25, 0.3) is 5.91 Å². The molecule has 2 aromatic rings. The molecule has 1 aromatic heterocycles. The molecule has 0 saturated carbocycles. The van der Waals surface area contributed by atoms with E-state index in [1.807, 2.05) is 24.3 Å². The van der Waals surface area contributed by atoms with Crippen molar-refractivity contribution >= 4 is 23.5 Å². The minimum atomic E-state index is -0.160. The Morgan fingerprint density at radius 3 is 2.60 bits per heavy atom. The minimum absolute atomic E-state index is 0.160. The Bertz CT molecular complexity index is 714. The number of nitrogens with zero attached hydrogens (tertiary/aromatic N) is 4. The zero-order valence-electron chi connectivity index (χ0n) is 14.3. The average Bonchev–Trinajstić information content (AvgIpc) is 2.62. The molecule has 0 spiro atoms. The number of benzene rings is 1. The molecule has 0 radical (unpaired) electrons. The van der Waals surface area contributed by atoms with Crippen molar-refractivity contribution in [1.29, 1.82) is 0 Å². The quantitative estimate of drug-likeness (QED) is 0.882. The van der Waals surface area contributed by atoms with Gasteiger partial charge in [-0.05, 0) is 31.2 Å². The van der Waals surface area contributed by atoms with E-state index in [1.54, 1.807) is 12.4 Å². The summed E-state index contributed by atoms with van der Waals surface area (Å²) in [4.78, 5) is 25.3. The first-order valence-electron chi connectivity index (χ1n) is 8.40. The van der Waals surface area contributed by atoms with Crippen LogP contribution in [0.15, 0.2) is 36.7 Å². The Kier molecular flexibility index (Phi) is 5.83. The summed E-state index contributed by atoms with van der Waals surface area (Å²) < 4.78 is 0. The lowest BCUT2D eigenvalue weighted by molar-refractivity contribution is 0.0953. The van der Waals surface area contributed by atoms with Crippen LogP contribution < -0.4 is 10.2 Å². The van der Waals surface area contributed by atoms with Gasteiger partial charge in [-0.15, -0.1) is 0 Å². The Morgan fingerprint density at radius 2 is 1.92 bits per heavy atom. The Morgan fingerprint density at radius 1 is 1.20 bits per heavy atom. The van der Waals surface area contributed by atoms with Crippen molar-refractivity contribution < 1.29 is 4.79 Å². The first-order valence-corrected chi connectivity index (χ1v) is 8.78. The van der Waals surface area contributed by atoms with Crippen LogP contribution in [-0.2, 0) is 6.42 Å². The standard InChI is InChI=1S/C18H22ClN5O/c1-23-7-9-24(10-8-23)18-21-12-15(13-22-18)17(25)20-6-5-14-3-2-4-16(19)11-14/h2-4,11-13H,5-10H2,1H3,(H,20,25). The molecule has 1 saturated heterocycles. The molecule has 0 bridgehead atoms. The maximum Gasteiger partial charge on any atom is 0.254 e. The lowest BCUT2D eigenvalue weighted by atomic mass is 10.1. The van der Waals surface area contributed by atoms with Crippen LogP contribution in [0.4, 0.5) is 5.95 Å². The van der Waals surface area contributed by atoms with Gasteiger partial charge in [-0.25, -0.2) is 9.97 Å². The second kappa shape index (κ2) is 8.27. The van der Waals surface area contributed by atoms with E-state index in [9.17, 15) is 4.79 Å². The summed E-state index contributed by atoms with van der Waals surface area (Å²) in [6.45, 7) is 4.34. The Hall–Kier alpha value is -2.18. The Labute approximate surface area is 152 Å². The van der Waals surface area contributed by atoms with E-state index in [1.165, 1.54) is 0 Å². The molecule has 3 rings (SSSR count). The highest BCUT2D eigenvalue weighted by Crippen LogP contribution is 2.11. The lowest BCUT2D eigenvalue weighted by Gasteiger charge is -2.32. The second-order valence-corrected chi connectivity index (χ2v) is 6.63. The zero-order chi connectivity index (χ0) is 17.6. The van der Waals surface area contributed by atoms with Crippen LogP contribution in [0.5, 0.6) is 0 Å². The third-order valence-corrected chi connectivity index (χ3v) is 4.51. The molecule has 0 atom stereocenters. The van der Waals surface area contributed by atoms with Gasteiger partial charge in [-0.2, -0.15) is 0 Å². The molecule has 1 amide bonds. The fourth-order valence-corrected chi connectivity index (χ4v) is 2.94. The molecule has 0 unspecified atom stereocenters. The van der Waals surface area contributed by atoms with Crippen LogP contribution in [0, 0.1) is 0 Å². The summed E-state index contributed by atoms with van der Waals surface area (Å²) in [7, 11) is 2.11. The van der Waals surface area contributed by atoms with Crippen molar-refractivity contribution in [3.8, 4) is 0 Å².